The van der Waals surface area contributed by atoms with E-state index in [4.69, 9.17) is 19.3 Å². The molecule has 13 nitrogen and oxygen atoms in total. The van der Waals surface area contributed by atoms with Crippen molar-refractivity contribution in [2.45, 2.75) is 6.92 Å². The minimum absolute atomic E-state index is 0.0441. The van der Waals surface area contributed by atoms with Crippen LogP contribution in [0.1, 0.15) is 6.92 Å². The Kier molecular flexibility index (Phi) is 9.84. The van der Waals surface area contributed by atoms with Crippen LogP contribution in [0.3, 0.4) is 0 Å². The van der Waals surface area contributed by atoms with Crippen molar-refractivity contribution in [2.24, 2.45) is 0 Å². The third kappa shape index (κ3) is 7.77. The molecule has 3 heterocycles. The number of quaternary nitrogens is 1. The first-order chi connectivity index (χ1) is 18.9. The lowest BCUT2D eigenvalue weighted by atomic mass is 10.2. The second-order valence-electron chi connectivity index (χ2n) is 9.59. The summed E-state index contributed by atoms with van der Waals surface area (Å²) in [5.41, 5.74) is 1.56. The molecule has 40 heavy (non-hydrogen) atoms. The summed E-state index contributed by atoms with van der Waals surface area (Å²) >= 11 is 0. The van der Waals surface area contributed by atoms with Crippen LogP contribution < -0.4 is 18.9 Å². The van der Waals surface area contributed by atoms with E-state index in [-0.39, 0.29) is 23.7 Å². The number of aliphatic hydroxyl groups is 1. The number of benzene rings is 1. The van der Waals surface area contributed by atoms with Crippen LogP contribution in [0.5, 0.6) is 17.4 Å². The van der Waals surface area contributed by atoms with Gasteiger partial charge in [-0.2, -0.15) is 0 Å². The van der Waals surface area contributed by atoms with E-state index < -0.39 is 10.0 Å². The van der Waals surface area contributed by atoms with Gasteiger partial charge in [0.15, 0.2) is 22.9 Å². The van der Waals surface area contributed by atoms with Crippen molar-refractivity contribution in [1.29, 1.82) is 0 Å². The van der Waals surface area contributed by atoms with Gasteiger partial charge in [-0.3, -0.25) is 9.29 Å². The molecule has 4 rings (SSSR count). The van der Waals surface area contributed by atoms with Crippen molar-refractivity contribution in [3.8, 4) is 34.6 Å². The number of aliphatic hydroxyl groups excluding tert-OH is 1. The predicted molar refractivity (Wildman–Crippen MR) is 153 cm³/mol. The molecule has 2 N–H and O–H groups in total. The average molecular weight is 575 g/mol. The largest absolute Gasteiger partial charge is 0.494 e. The number of likely N-dealkylation sites (N-methyl/N-ethyl adjacent to an activating group) is 1. The number of aromatic nitrogens is 5. The number of ether oxygens (including phenoxy) is 3. The summed E-state index contributed by atoms with van der Waals surface area (Å²) in [5, 5.41) is 8.39. The van der Waals surface area contributed by atoms with E-state index in [0.717, 1.165) is 17.3 Å². The summed E-state index contributed by atoms with van der Waals surface area (Å²) in [7, 11) is 5.66. The summed E-state index contributed by atoms with van der Waals surface area (Å²) in [6.45, 7) is 3.44. The number of sulfonamides is 1. The lowest BCUT2D eigenvalue weighted by Gasteiger charge is -2.21. The van der Waals surface area contributed by atoms with Gasteiger partial charge < -0.3 is 23.8 Å². The smallest absolute Gasteiger partial charge is 0.231 e. The monoisotopic (exact) mass is 574 g/mol. The Morgan fingerprint density at radius 2 is 1.65 bits per heavy atom. The van der Waals surface area contributed by atoms with Gasteiger partial charge in [0.1, 0.15) is 29.4 Å². The van der Waals surface area contributed by atoms with E-state index in [9.17, 15) is 8.42 Å². The van der Waals surface area contributed by atoms with Gasteiger partial charge >= 0.3 is 0 Å². The quantitative estimate of drug-likeness (QED) is 0.270. The van der Waals surface area contributed by atoms with Crippen molar-refractivity contribution in [2.75, 3.05) is 66.1 Å². The second-order valence-corrected chi connectivity index (χ2v) is 11.3. The highest BCUT2D eigenvalue weighted by molar-refractivity contribution is 7.92. The van der Waals surface area contributed by atoms with E-state index in [0.29, 0.717) is 41.2 Å². The normalized spacial score (nSPS) is 11.5. The molecule has 0 saturated carbocycles. The van der Waals surface area contributed by atoms with Crippen LogP contribution in [0.15, 0.2) is 42.6 Å². The van der Waals surface area contributed by atoms with Crippen LogP contribution >= 0.6 is 0 Å². The number of pyridine rings is 1. The first-order valence-corrected chi connectivity index (χ1v) is 14.3. The van der Waals surface area contributed by atoms with E-state index >= 15 is 0 Å². The molecule has 4 aromatic rings. The average Bonchev–Trinajstić information content (AvgIpc) is 3.25. The Balaban J connectivity index is 0.000000559. The van der Waals surface area contributed by atoms with Crippen LogP contribution in [-0.2, 0) is 10.0 Å². The fraction of sp³-hybridized carbons (Fsp3) is 0.385. The zero-order valence-electron chi connectivity index (χ0n) is 23.7. The molecule has 216 valence electrons. The van der Waals surface area contributed by atoms with E-state index in [1.54, 1.807) is 41.0 Å². The SMILES string of the molecule is CCOc1cccc(-c2nc3ncc(NS(C)(=O)=O)nc3n2-c2c(OC)cccc2OC)n1.C[N+](C)(C)CCO. The highest BCUT2D eigenvalue weighted by Gasteiger charge is 2.24. The number of nitrogens with one attached hydrogen (secondary N) is 1. The zero-order chi connectivity index (χ0) is 29.5. The van der Waals surface area contributed by atoms with Gasteiger partial charge in [0.05, 0.1) is 61.0 Å². The van der Waals surface area contributed by atoms with Gasteiger partial charge in [-0.15, -0.1) is 0 Å². The molecule has 0 saturated heterocycles. The maximum absolute atomic E-state index is 11.8. The van der Waals surface area contributed by atoms with Crippen molar-refractivity contribution in [3.63, 3.8) is 0 Å². The predicted octanol–water partition coefficient (Wildman–Crippen LogP) is 2.35. The number of fused-ring (bicyclic) bond motifs is 1. The number of para-hydroxylation sites is 1. The molecule has 0 aliphatic rings. The molecule has 0 atom stereocenters. The molecule has 0 bridgehead atoms. The van der Waals surface area contributed by atoms with Crippen molar-refractivity contribution >= 4 is 27.1 Å². The lowest BCUT2D eigenvalue weighted by molar-refractivity contribution is -0.870. The van der Waals surface area contributed by atoms with Crippen molar-refractivity contribution in [3.05, 3.63) is 42.6 Å². The maximum Gasteiger partial charge on any atom is 0.231 e. The number of hydrogen-bond acceptors (Lipinski definition) is 10. The molecule has 0 radical (unpaired) electrons. The van der Waals surface area contributed by atoms with Crippen LogP contribution in [0.2, 0.25) is 0 Å². The van der Waals surface area contributed by atoms with E-state index in [2.05, 4.69) is 45.8 Å². The highest BCUT2D eigenvalue weighted by Crippen LogP contribution is 2.38. The molecular formula is C26H36N7O6S+. The highest BCUT2D eigenvalue weighted by atomic mass is 32.2. The Labute approximate surface area is 234 Å². The first kappa shape index (κ1) is 30.5. The Bertz CT molecular complexity index is 1530. The molecule has 1 aromatic carbocycles. The Hall–Kier alpha value is -4.01. The van der Waals surface area contributed by atoms with Crippen LogP contribution in [-0.4, -0.2) is 104 Å². The molecule has 0 spiro atoms. The number of hydrogen-bond donors (Lipinski definition) is 2. The van der Waals surface area contributed by atoms with Crippen LogP contribution in [0.4, 0.5) is 5.82 Å². The molecular weight excluding hydrogens is 538 g/mol. The number of anilines is 1. The third-order valence-electron chi connectivity index (χ3n) is 5.30. The molecule has 0 amide bonds. The summed E-state index contributed by atoms with van der Waals surface area (Å²) in [6.07, 6.45) is 2.34. The number of imidazole rings is 1. The van der Waals surface area contributed by atoms with Gasteiger partial charge in [0.25, 0.3) is 0 Å². The fourth-order valence-corrected chi connectivity index (χ4v) is 4.07. The van der Waals surface area contributed by atoms with Gasteiger partial charge in [-0.1, -0.05) is 12.1 Å². The van der Waals surface area contributed by atoms with Gasteiger partial charge in [0.2, 0.25) is 15.9 Å². The molecule has 0 aliphatic heterocycles. The number of nitrogens with zero attached hydrogens (tertiary/aromatic N) is 6. The fourth-order valence-electron chi connectivity index (χ4n) is 3.59. The number of rotatable bonds is 10. The van der Waals surface area contributed by atoms with Gasteiger partial charge in [-0.25, -0.2) is 28.4 Å². The summed E-state index contributed by atoms with van der Waals surface area (Å²) < 4.78 is 45.1. The lowest BCUT2D eigenvalue weighted by Crippen LogP contribution is -2.36. The molecule has 3 aromatic heterocycles. The maximum atomic E-state index is 11.8. The van der Waals surface area contributed by atoms with Gasteiger partial charge in [-0.05, 0) is 25.1 Å². The number of methoxy groups -OCH3 is 2. The summed E-state index contributed by atoms with van der Waals surface area (Å²) in [6, 6.07) is 10.6. The Morgan fingerprint density at radius 3 is 2.17 bits per heavy atom. The molecule has 0 unspecified atom stereocenters. The van der Waals surface area contributed by atoms with E-state index in [1.807, 2.05) is 6.92 Å². The molecule has 0 aliphatic carbocycles. The van der Waals surface area contributed by atoms with Crippen LogP contribution in [0.25, 0.3) is 28.5 Å². The molecule has 14 heteroatoms. The summed E-state index contributed by atoms with van der Waals surface area (Å²) in [4.78, 5) is 18.0. The third-order valence-corrected chi connectivity index (χ3v) is 5.88. The second kappa shape index (κ2) is 12.9. The topological polar surface area (TPSA) is 151 Å². The summed E-state index contributed by atoms with van der Waals surface area (Å²) in [5.74, 6) is 1.84. The van der Waals surface area contributed by atoms with Crippen molar-refractivity contribution < 1.29 is 32.2 Å². The minimum atomic E-state index is -3.57. The first-order valence-electron chi connectivity index (χ1n) is 12.4. The van der Waals surface area contributed by atoms with Crippen molar-refractivity contribution in [1.82, 2.24) is 24.5 Å². The van der Waals surface area contributed by atoms with Gasteiger partial charge in [0, 0.05) is 6.07 Å². The molecule has 0 fully saturated rings. The Morgan fingerprint density at radius 1 is 1.00 bits per heavy atom. The van der Waals surface area contributed by atoms with Crippen LogP contribution in [0, 0.1) is 0 Å². The minimum Gasteiger partial charge on any atom is -0.494 e. The van der Waals surface area contributed by atoms with E-state index in [1.165, 1.54) is 20.4 Å². The standard InChI is InChI=1S/C21H22N6O5S.C5H14NO/c1-5-32-17-11-6-8-13(23-17)20-25-19-21(24-16(12-22-19)26-33(4,28)29)27(20)18-14(30-2)9-7-10-15(18)31-3;1-6(2,3)4-5-7/h6-12H,5H2,1-4H3,(H,24,26);7H,4-5H2,1-3H3/q;+1. The zero-order valence-corrected chi connectivity index (χ0v) is 24.6.